The number of nitrogens with two attached hydrogens (primary N) is 1. The Kier molecular flexibility index (Phi) is 4.91. The zero-order valence-electron chi connectivity index (χ0n) is 9.03. The molecule has 0 aliphatic carbocycles. The van der Waals surface area contributed by atoms with Crippen LogP contribution in [0.15, 0.2) is 22.7 Å². The van der Waals surface area contributed by atoms with Crippen molar-refractivity contribution >= 4 is 34.2 Å². The van der Waals surface area contributed by atoms with Gasteiger partial charge in [-0.3, -0.25) is 4.79 Å². The molecule has 17 heavy (non-hydrogen) atoms. The van der Waals surface area contributed by atoms with Crippen LogP contribution in [0.25, 0.3) is 0 Å². The highest BCUT2D eigenvalue weighted by molar-refractivity contribution is 9.10. The summed E-state index contributed by atoms with van der Waals surface area (Å²) >= 11 is 3.06. The number of benzene rings is 1. The third-order valence-electron chi connectivity index (χ3n) is 2.68. The van der Waals surface area contributed by atoms with E-state index in [9.17, 15) is 9.18 Å². The van der Waals surface area contributed by atoms with Crippen molar-refractivity contribution in [2.24, 2.45) is 5.73 Å². The topological polar surface area (TPSA) is 46.3 Å². The first-order chi connectivity index (χ1) is 7.58. The normalized spacial score (nSPS) is 19.0. The minimum Gasteiger partial charge on any atom is -0.337 e. The fraction of sp³-hybridized carbons (Fsp3) is 0.364. The van der Waals surface area contributed by atoms with Gasteiger partial charge in [0, 0.05) is 24.7 Å². The Balaban J connectivity index is 0.00000144. The van der Waals surface area contributed by atoms with E-state index in [1.165, 1.54) is 18.2 Å². The summed E-state index contributed by atoms with van der Waals surface area (Å²) in [6.07, 6.45) is 0.827. The lowest BCUT2D eigenvalue weighted by atomic mass is 10.2. The van der Waals surface area contributed by atoms with Crippen molar-refractivity contribution in [3.8, 4) is 0 Å². The van der Waals surface area contributed by atoms with Crippen LogP contribution in [-0.2, 0) is 0 Å². The Morgan fingerprint density at radius 2 is 2.24 bits per heavy atom. The minimum atomic E-state index is -0.366. The number of rotatable bonds is 1. The van der Waals surface area contributed by atoms with Crippen LogP contribution < -0.4 is 5.73 Å². The van der Waals surface area contributed by atoms with Gasteiger partial charge in [-0.2, -0.15) is 0 Å². The molecule has 0 bridgehead atoms. The van der Waals surface area contributed by atoms with E-state index >= 15 is 0 Å². The van der Waals surface area contributed by atoms with Gasteiger partial charge in [-0.25, -0.2) is 4.39 Å². The lowest BCUT2D eigenvalue weighted by Crippen LogP contribution is -2.31. The van der Waals surface area contributed by atoms with Crippen molar-refractivity contribution in [1.29, 1.82) is 0 Å². The summed E-state index contributed by atoms with van der Waals surface area (Å²) in [6.45, 7) is 1.25. The highest BCUT2D eigenvalue weighted by Gasteiger charge is 2.24. The molecule has 1 aromatic carbocycles. The van der Waals surface area contributed by atoms with E-state index < -0.39 is 0 Å². The van der Waals surface area contributed by atoms with Crippen LogP contribution in [0.2, 0.25) is 0 Å². The van der Waals surface area contributed by atoms with Gasteiger partial charge in [0.2, 0.25) is 0 Å². The first kappa shape index (κ1) is 14.4. The molecule has 94 valence electrons. The van der Waals surface area contributed by atoms with E-state index in [0.29, 0.717) is 23.1 Å². The molecular weight excluding hydrogens is 310 g/mol. The fourth-order valence-corrected chi connectivity index (χ4v) is 2.16. The van der Waals surface area contributed by atoms with Gasteiger partial charge < -0.3 is 10.6 Å². The maximum absolute atomic E-state index is 13.0. The van der Waals surface area contributed by atoms with E-state index in [1.54, 1.807) is 4.90 Å². The first-order valence-electron chi connectivity index (χ1n) is 5.08. The van der Waals surface area contributed by atoms with Crippen LogP contribution in [0, 0.1) is 5.82 Å². The summed E-state index contributed by atoms with van der Waals surface area (Å²) in [4.78, 5) is 13.7. The molecule has 1 aliphatic heterocycles. The molecule has 0 unspecified atom stereocenters. The molecule has 1 aromatic rings. The third-order valence-corrected chi connectivity index (χ3v) is 3.29. The summed E-state index contributed by atoms with van der Waals surface area (Å²) in [5.74, 6) is -0.455. The van der Waals surface area contributed by atoms with E-state index in [2.05, 4.69) is 15.9 Å². The molecule has 3 nitrogen and oxygen atoms in total. The summed E-state index contributed by atoms with van der Waals surface area (Å²) in [5, 5.41) is 0. The minimum absolute atomic E-state index is 0. The summed E-state index contributed by atoms with van der Waals surface area (Å²) in [7, 11) is 0. The highest BCUT2D eigenvalue weighted by atomic mass is 79.9. The van der Waals surface area contributed by atoms with E-state index in [1.807, 2.05) is 0 Å². The zero-order valence-corrected chi connectivity index (χ0v) is 11.4. The summed E-state index contributed by atoms with van der Waals surface area (Å²) < 4.78 is 13.3. The Morgan fingerprint density at radius 1 is 1.53 bits per heavy atom. The van der Waals surface area contributed by atoms with Gasteiger partial charge in [0.25, 0.3) is 5.91 Å². The maximum atomic E-state index is 13.0. The van der Waals surface area contributed by atoms with Crippen molar-refractivity contribution in [2.45, 2.75) is 12.5 Å². The number of hydrogen-bond acceptors (Lipinski definition) is 2. The number of carbonyl (C=O) groups excluding carboxylic acids is 1. The predicted molar refractivity (Wildman–Crippen MR) is 69.8 cm³/mol. The van der Waals surface area contributed by atoms with Crippen molar-refractivity contribution in [3.05, 3.63) is 34.1 Å². The average Bonchev–Trinajstić information content (AvgIpc) is 2.68. The Bertz CT molecular complexity index is 430. The maximum Gasteiger partial charge on any atom is 0.253 e. The predicted octanol–water partition coefficient (Wildman–Crippen LogP) is 2.18. The molecule has 2 rings (SSSR count). The SMILES string of the molecule is Cl.N[C@H]1CCN(C(=O)c2ccc(F)c(Br)c2)C1. The lowest BCUT2D eigenvalue weighted by molar-refractivity contribution is 0.0791. The second-order valence-electron chi connectivity index (χ2n) is 3.93. The highest BCUT2D eigenvalue weighted by Crippen LogP contribution is 2.19. The molecule has 1 aliphatic rings. The summed E-state index contributed by atoms with van der Waals surface area (Å²) in [5.41, 5.74) is 6.22. The molecule has 2 N–H and O–H groups in total. The van der Waals surface area contributed by atoms with Crippen LogP contribution in [0.1, 0.15) is 16.8 Å². The number of likely N-dealkylation sites (tertiary alicyclic amines) is 1. The van der Waals surface area contributed by atoms with E-state index in [0.717, 1.165) is 6.42 Å². The van der Waals surface area contributed by atoms with Gasteiger partial charge in [0.1, 0.15) is 5.82 Å². The number of halogens is 3. The van der Waals surface area contributed by atoms with E-state index in [4.69, 9.17) is 5.73 Å². The van der Waals surface area contributed by atoms with Gasteiger partial charge in [0.05, 0.1) is 4.47 Å². The monoisotopic (exact) mass is 322 g/mol. The van der Waals surface area contributed by atoms with Crippen molar-refractivity contribution in [3.63, 3.8) is 0 Å². The Morgan fingerprint density at radius 3 is 2.76 bits per heavy atom. The van der Waals surface area contributed by atoms with E-state index in [-0.39, 0.29) is 30.2 Å². The van der Waals surface area contributed by atoms with Crippen LogP contribution in [0.4, 0.5) is 4.39 Å². The quantitative estimate of drug-likeness (QED) is 0.861. The molecular formula is C11H13BrClFN2O. The number of hydrogen-bond donors (Lipinski definition) is 1. The Labute approximate surface area is 114 Å². The molecule has 1 amide bonds. The van der Waals surface area contributed by atoms with Crippen LogP contribution >= 0.6 is 28.3 Å². The summed E-state index contributed by atoms with van der Waals surface area (Å²) in [6, 6.07) is 4.34. The molecule has 1 fully saturated rings. The number of nitrogens with zero attached hydrogens (tertiary/aromatic N) is 1. The average molecular weight is 324 g/mol. The molecule has 0 radical (unpaired) electrons. The molecule has 6 heteroatoms. The van der Waals surface area contributed by atoms with Crippen LogP contribution in [0.3, 0.4) is 0 Å². The molecule has 0 saturated carbocycles. The standard InChI is InChI=1S/C11H12BrFN2O.ClH/c12-9-5-7(1-2-10(9)13)11(16)15-4-3-8(14)6-15;/h1-2,5,8H,3-4,6,14H2;1H/t8-;/m0./s1. The molecule has 1 heterocycles. The van der Waals surface area contributed by atoms with Gasteiger partial charge in [-0.1, -0.05) is 0 Å². The van der Waals surface area contributed by atoms with Crippen molar-refractivity contribution in [2.75, 3.05) is 13.1 Å². The van der Waals surface area contributed by atoms with Crippen molar-refractivity contribution < 1.29 is 9.18 Å². The molecule has 0 spiro atoms. The van der Waals surface area contributed by atoms with Crippen LogP contribution in [-0.4, -0.2) is 29.9 Å². The van der Waals surface area contributed by atoms with Gasteiger partial charge in [-0.15, -0.1) is 12.4 Å². The number of amides is 1. The first-order valence-corrected chi connectivity index (χ1v) is 5.87. The molecule has 1 saturated heterocycles. The smallest absolute Gasteiger partial charge is 0.253 e. The lowest BCUT2D eigenvalue weighted by Gasteiger charge is -2.15. The zero-order chi connectivity index (χ0) is 11.7. The fourth-order valence-electron chi connectivity index (χ4n) is 1.78. The largest absolute Gasteiger partial charge is 0.337 e. The number of carbonyl (C=O) groups is 1. The third kappa shape index (κ3) is 3.18. The second kappa shape index (κ2) is 5.80. The van der Waals surface area contributed by atoms with Gasteiger partial charge >= 0.3 is 0 Å². The van der Waals surface area contributed by atoms with Gasteiger partial charge in [-0.05, 0) is 40.5 Å². The Hall–Kier alpha value is -0.650. The second-order valence-corrected chi connectivity index (χ2v) is 4.78. The molecule has 1 atom stereocenters. The molecule has 0 aromatic heterocycles. The van der Waals surface area contributed by atoms with Gasteiger partial charge in [0.15, 0.2) is 0 Å². The van der Waals surface area contributed by atoms with Crippen LogP contribution in [0.5, 0.6) is 0 Å². The van der Waals surface area contributed by atoms with Crippen molar-refractivity contribution in [1.82, 2.24) is 4.90 Å².